The van der Waals surface area contributed by atoms with Gasteiger partial charge >= 0.3 is 11.9 Å². The van der Waals surface area contributed by atoms with Gasteiger partial charge in [-0.25, -0.2) is 9.59 Å². The van der Waals surface area contributed by atoms with E-state index in [4.69, 9.17) is 14.2 Å². The first-order valence-corrected chi connectivity index (χ1v) is 9.15. The van der Waals surface area contributed by atoms with Crippen LogP contribution in [0.15, 0.2) is 78.9 Å². The van der Waals surface area contributed by atoms with E-state index in [0.717, 1.165) is 5.56 Å². The number of methoxy groups -OCH3 is 1. The van der Waals surface area contributed by atoms with E-state index in [-0.39, 0.29) is 11.3 Å². The molecule has 0 aliphatic carbocycles. The molecule has 0 aliphatic rings. The van der Waals surface area contributed by atoms with Crippen molar-refractivity contribution >= 4 is 11.9 Å². The fourth-order valence-electron chi connectivity index (χ4n) is 2.85. The third kappa shape index (κ3) is 4.82. The smallest absolute Gasteiger partial charge is 0.343 e. The summed E-state index contributed by atoms with van der Waals surface area (Å²) in [5, 5.41) is 0. The molecule has 0 saturated carbocycles. The highest BCUT2D eigenvalue weighted by Gasteiger charge is 2.22. The van der Waals surface area contributed by atoms with E-state index in [9.17, 15) is 9.59 Å². The van der Waals surface area contributed by atoms with Gasteiger partial charge in [0.15, 0.2) is 0 Å². The second-order valence-electron chi connectivity index (χ2n) is 6.88. The molecule has 3 rings (SSSR count). The van der Waals surface area contributed by atoms with Crippen LogP contribution in [0.2, 0.25) is 0 Å². The Morgan fingerprint density at radius 1 is 0.759 bits per heavy atom. The molecule has 3 aromatic carbocycles. The number of benzene rings is 3. The van der Waals surface area contributed by atoms with Crippen LogP contribution in [0.4, 0.5) is 0 Å². The standard InChI is InChI=1S/C24H22O5/c1-24(2,18-9-5-4-6-10-18)29-19-15-13-17(14-16-19)22(25)28-21-12-8-7-11-20(21)23(26)27-3/h4-16H,1-3H3. The predicted octanol–water partition coefficient (Wildman–Crippen LogP) is 5.01. The van der Waals surface area contributed by atoms with Gasteiger partial charge in [0.1, 0.15) is 22.7 Å². The molecule has 3 aromatic rings. The minimum absolute atomic E-state index is 0.148. The number of para-hydroxylation sites is 1. The summed E-state index contributed by atoms with van der Waals surface area (Å²) in [4.78, 5) is 24.3. The maximum Gasteiger partial charge on any atom is 0.343 e. The second-order valence-corrected chi connectivity index (χ2v) is 6.88. The maximum absolute atomic E-state index is 12.5. The Bertz CT molecular complexity index is 991. The van der Waals surface area contributed by atoms with Gasteiger partial charge in [0.05, 0.1) is 12.7 Å². The third-order valence-corrected chi connectivity index (χ3v) is 4.43. The number of rotatable bonds is 6. The van der Waals surface area contributed by atoms with Crippen LogP contribution in [-0.4, -0.2) is 19.0 Å². The van der Waals surface area contributed by atoms with E-state index in [0.29, 0.717) is 11.3 Å². The molecular weight excluding hydrogens is 368 g/mol. The molecule has 0 fully saturated rings. The molecule has 0 unspecified atom stereocenters. The summed E-state index contributed by atoms with van der Waals surface area (Å²) in [6.07, 6.45) is 0. The van der Waals surface area contributed by atoms with Gasteiger partial charge in [-0.15, -0.1) is 0 Å². The van der Waals surface area contributed by atoms with Crippen LogP contribution < -0.4 is 9.47 Å². The number of carbonyl (C=O) groups excluding carboxylic acids is 2. The Kier molecular flexibility index (Phi) is 5.98. The van der Waals surface area contributed by atoms with E-state index < -0.39 is 17.5 Å². The van der Waals surface area contributed by atoms with Crippen LogP contribution in [0.1, 0.15) is 40.1 Å². The van der Waals surface area contributed by atoms with Crippen molar-refractivity contribution in [3.8, 4) is 11.5 Å². The molecule has 0 bridgehead atoms. The van der Waals surface area contributed by atoms with Gasteiger partial charge in [-0.05, 0) is 55.8 Å². The molecule has 5 heteroatoms. The zero-order valence-electron chi connectivity index (χ0n) is 16.5. The summed E-state index contributed by atoms with van der Waals surface area (Å²) in [5.74, 6) is -0.365. The fourth-order valence-corrected chi connectivity index (χ4v) is 2.85. The van der Waals surface area contributed by atoms with Gasteiger partial charge in [0, 0.05) is 0 Å². The summed E-state index contributed by atoms with van der Waals surface area (Å²) >= 11 is 0. The SMILES string of the molecule is COC(=O)c1ccccc1OC(=O)c1ccc(OC(C)(C)c2ccccc2)cc1. The van der Waals surface area contributed by atoms with E-state index in [1.807, 2.05) is 44.2 Å². The normalized spacial score (nSPS) is 10.9. The third-order valence-electron chi connectivity index (χ3n) is 4.43. The molecule has 0 N–H and O–H groups in total. The summed E-state index contributed by atoms with van der Waals surface area (Å²) in [6, 6.07) is 23.0. The van der Waals surface area contributed by atoms with Crippen molar-refractivity contribution in [2.75, 3.05) is 7.11 Å². The van der Waals surface area contributed by atoms with Gasteiger partial charge in [-0.3, -0.25) is 0 Å². The minimum atomic E-state index is -0.574. The highest BCUT2D eigenvalue weighted by atomic mass is 16.5. The van der Waals surface area contributed by atoms with E-state index in [1.54, 1.807) is 42.5 Å². The zero-order valence-corrected chi connectivity index (χ0v) is 16.5. The molecule has 0 radical (unpaired) electrons. The Morgan fingerprint density at radius 3 is 2.03 bits per heavy atom. The number of hydrogen-bond acceptors (Lipinski definition) is 5. The van der Waals surface area contributed by atoms with Crippen molar-refractivity contribution in [3.63, 3.8) is 0 Å². The Labute approximate surface area is 169 Å². The average Bonchev–Trinajstić information content (AvgIpc) is 2.74. The molecule has 148 valence electrons. The Balaban J connectivity index is 1.72. The van der Waals surface area contributed by atoms with Gasteiger partial charge in [0.25, 0.3) is 0 Å². The van der Waals surface area contributed by atoms with Crippen LogP contribution in [0, 0.1) is 0 Å². The summed E-state index contributed by atoms with van der Waals surface area (Å²) in [7, 11) is 1.27. The highest BCUT2D eigenvalue weighted by molar-refractivity contribution is 5.96. The zero-order chi connectivity index (χ0) is 20.9. The number of hydrogen-bond donors (Lipinski definition) is 0. The quantitative estimate of drug-likeness (QED) is 0.437. The largest absolute Gasteiger partial charge is 0.483 e. The molecule has 0 aromatic heterocycles. The van der Waals surface area contributed by atoms with Crippen LogP contribution in [-0.2, 0) is 10.3 Å². The number of ether oxygens (including phenoxy) is 3. The summed E-state index contributed by atoms with van der Waals surface area (Å²) < 4.78 is 16.2. The Morgan fingerprint density at radius 2 is 1.38 bits per heavy atom. The average molecular weight is 390 g/mol. The Hall–Kier alpha value is -3.60. The first kappa shape index (κ1) is 20.1. The van der Waals surface area contributed by atoms with Crippen LogP contribution in [0.25, 0.3) is 0 Å². The molecule has 29 heavy (non-hydrogen) atoms. The second kappa shape index (κ2) is 8.61. The minimum Gasteiger partial charge on any atom is -0.483 e. The van der Waals surface area contributed by atoms with Gasteiger partial charge < -0.3 is 14.2 Å². The lowest BCUT2D eigenvalue weighted by Crippen LogP contribution is -2.25. The first-order chi connectivity index (χ1) is 13.9. The van der Waals surface area contributed by atoms with Crippen LogP contribution >= 0.6 is 0 Å². The van der Waals surface area contributed by atoms with Crippen molar-refractivity contribution in [1.82, 2.24) is 0 Å². The molecule has 0 amide bonds. The van der Waals surface area contributed by atoms with Crippen molar-refractivity contribution < 1.29 is 23.8 Å². The van der Waals surface area contributed by atoms with Crippen LogP contribution in [0.5, 0.6) is 11.5 Å². The molecule has 0 aliphatic heterocycles. The lowest BCUT2D eigenvalue weighted by molar-refractivity contribution is 0.0593. The monoisotopic (exact) mass is 390 g/mol. The van der Waals surface area contributed by atoms with Crippen molar-refractivity contribution in [1.29, 1.82) is 0 Å². The van der Waals surface area contributed by atoms with Crippen molar-refractivity contribution in [2.45, 2.75) is 19.4 Å². The van der Waals surface area contributed by atoms with E-state index >= 15 is 0 Å². The number of esters is 2. The molecule has 5 nitrogen and oxygen atoms in total. The van der Waals surface area contributed by atoms with E-state index in [1.165, 1.54) is 13.2 Å². The van der Waals surface area contributed by atoms with Gasteiger partial charge in [-0.2, -0.15) is 0 Å². The van der Waals surface area contributed by atoms with E-state index in [2.05, 4.69) is 0 Å². The predicted molar refractivity (Wildman–Crippen MR) is 109 cm³/mol. The first-order valence-electron chi connectivity index (χ1n) is 9.15. The molecule has 0 saturated heterocycles. The summed E-state index contributed by atoms with van der Waals surface area (Å²) in [6.45, 7) is 3.96. The maximum atomic E-state index is 12.5. The highest BCUT2D eigenvalue weighted by Crippen LogP contribution is 2.28. The molecule has 0 spiro atoms. The van der Waals surface area contributed by atoms with Gasteiger partial charge in [0.2, 0.25) is 0 Å². The molecule has 0 atom stereocenters. The molecule has 0 heterocycles. The van der Waals surface area contributed by atoms with Crippen molar-refractivity contribution in [2.24, 2.45) is 0 Å². The van der Waals surface area contributed by atoms with Gasteiger partial charge in [-0.1, -0.05) is 42.5 Å². The topological polar surface area (TPSA) is 61.8 Å². The fraction of sp³-hybridized carbons (Fsp3) is 0.167. The lowest BCUT2D eigenvalue weighted by atomic mass is 9.98. The van der Waals surface area contributed by atoms with Crippen molar-refractivity contribution in [3.05, 3.63) is 95.6 Å². The molecular formula is C24H22O5. The number of carbonyl (C=O) groups is 2. The lowest BCUT2D eigenvalue weighted by Gasteiger charge is -2.27. The summed E-state index contributed by atoms with van der Waals surface area (Å²) in [5.41, 5.74) is 1.05. The van der Waals surface area contributed by atoms with Crippen LogP contribution in [0.3, 0.4) is 0 Å².